The molecule has 0 fully saturated rings. The highest BCUT2D eigenvalue weighted by Gasteiger charge is 2.48. The first-order chi connectivity index (χ1) is 11.2. The van der Waals surface area contributed by atoms with Gasteiger partial charge in [0.15, 0.2) is 6.10 Å². The van der Waals surface area contributed by atoms with E-state index in [-0.39, 0.29) is 0 Å². The van der Waals surface area contributed by atoms with Crippen molar-refractivity contribution in [2.24, 2.45) is 0 Å². The van der Waals surface area contributed by atoms with Crippen molar-refractivity contribution in [1.82, 2.24) is 4.72 Å². The minimum absolute atomic E-state index is 0.298. The van der Waals surface area contributed by atoms with Gasteiger partial charge >= 0.3 is 6.18 Å². The van der Waals surface area contributed by atoms with Gasteiger partial charge < -0.3 is 5.11 Å². The van der Waals surface area contributed by atoms with Crippen molar-refractivity contribution < 1.29 is 31.3 Å². The third kappa shape index (κ3) is 5.70. The lowest BCUT2D eigenvalue weighted by molar-refractivity contribution is -0.210. The molecule has 3 nitrogen and oxygen atoms in total. The van der Waals surface area contributed by atoms with E-state index < -0.39 is 58.0 Å². The largest absolute Gasteiger partial charge is 0.414 e. The molecule has 0 bridgehead atoms. The molecule has 0 heterocycles. The minimum atomic E-state index is -5.03. The Bertz CT molecular complexity index is 635. The molecular weight excluding hydrogens is 433 g/mol. The summed E-state index contributed by atoms with van der Waals surface area (Å²) in [6.45, 7) is 3.07. The molecule has 0 aliphatic carbocycles. The van der Waals surface area contributed by atoms with Gasteiger partial charge in [-0.25, -0.2) is 17.7 Å². The van der Waals surface area contributed by atoms with Gasteiger partial charge in [-0.05, 0) is 39.0 Å². The van der Waals surface area contributed by atoms with E-state index in [1.54, 1.807) is 0 Å². The van der Waals surface area contributed by atoms with Crippen LogP contribution in [-0.2, 0) is 16.5 Å². The summed E-state index contributed by atoms with van der Waals surface area (Å²) in [5, 5.41) is 9.42. The molecule has 144 valence electrons. The summed E-state index contributed by atoms with van der Waals surface area (Å²) in [6.07, 6.45) is -9.19. The highest BCUT2D eigenvalue weighted by Crippen LogP contribution is 2.36. The zero-order chi connectivity index (χ0) is 19.6. The number of benzene rings is 1. The lowest BCUT2D eigenvalue weighted by Gasteiger charge is -2.36. The molecule has 0 radical (unpaired) electrons. The van der Waals surface area contributed by atoms with Crippen LogP contribution in [0.3, 0.4) is 0 Å². The van der Waals surface area contributed by atoms with E-state index in [1.807, 2.05) is 0 Å². The first kappa shape index (κ1) is 22.5. The Morgan fingerprint density at radius 3 is 2.28 bits per heavy atom. The predicted molar refractivity (Wildman–Crippen MR) is 89.5 cm³/mol. The van der Waals surface area contributed by atoms with E-state index >= 15 is 0 Å². The second-order valence-electron chi connectivity index (χ2n) is 6.58. The molecule has 0 saturated heterocycles. The fourth-order valence-electron chi connectivity index (χ4n) is 2.00. The zero-order valence-electron chi connectivity index (χ0n) is 13.8. The van der Waals surface area contributed by atoms with Crippen LogP contribution in [0, 0.1) is 5.82 Å². The predicted octanol–water partition coefficient (Wildman–Crippen LogP) is 4.12. The van der Waals surface area contributed by atoms with Gasteiger partial charge in [-0.15, -0.1) is 0 Å². The molecule has 0 unspecified atom stereocenters. The Balaban J connectivity index is 3.47. The zero-order valence-corrected chi connectivity index (χ0v) is 16.2. The van der Waals surface area contributed by atoms with Gasteiger partial charge in [0.2, 0.25) is 0 Å². The van der Waals surface area contributed by atoms with Gasteiger partial charge in [0, 0.05) is 16.5 Å². The third-order valence-corrected chi connectivity index (χ3v) is 5.62. The van der Waals surface area contributed by atoms with Crippen LogP contribution >= 0.6 is 15.9 Å². The summed E-state index contributed by atoms with van der Waals surface area (Å²) in [5.74, 6) is -0.978. The average molecular weight is 452 g/mol. The average Bonchev–Trinajstić information content (AvgIpc) is 2.46. The van der Waals surface area contributed by atoms with Crippen LogP contribution in [0.1, 0.15) is 32.8 Å². The van der Waals surface area contributed by atoms with Gasteiger partial charge in [-0.2, -0.15) is 13.2 Å². The summed E-state index contributed by atoms with van der Waals surface area (Å²) in [6, 6.07) is 3.35. The molecule has 0 spiro atoms. The first-order valence-corrected chi connectivity index (χ1v) is 9.13. The molecule has 3 atom stereocenters. The van der Waals surface area contributed by atoms with E-state index in [4.69, 9.17) is 0 Å². The topological polar surface area (TPSA) is 49.3 Å². The SMILES string of the molecule is CC(C)(C)[S@@](=O)N[C@@](CF)(C[C@@H](O)C(F)(F)F)c1cc(Br)ccc1F. The van der Waals surface area contributed by atoms with Crippen LogP contribution in [0.2, 0.25) is 0 Å². The van der Waals surface area contributed by atoms with E-state index in [0.29, 0.717) is 4.47 Å². The number of hydrogen-bond acceptors (Lipinski definition) is 2. The fraction of sp³-hybridized carbons (Fsp3) is 0.600. The fourth-order valence-corrected chi connectivity index (χ4v) is 3.27. The Morgan fingerprint density at radius 1 is 1.28 bits per heavy atom. The van der Waals surface area contributed by atoms with Crippen LogP contribution in [0.15, 0.2) is 22.7 Å². The Labute approximate surface area is 153 Å². The number of halogens is 6. The molecule has 0 saturated carbocycles. The van der Waals surface area contributed by atoms with Crippen molar-refractivity contribution in [2.45, 2.75) is 49.8 Å². The second-order valence-corrected chi connectivity index (χ2v) is 9.47. The number of aliphatic hydroxyl groups excluding tert-OH is 1. The van der Waals surface area contributed by atoms with Gasteiger partial charge in [0.05, 0.1) is 21.3 Å². The molecule has 2 N–H and O–H groups in total. The maximum absolute atomic E-state index is 14.3. The van der Waals surface area contributed by atoms with E-state index in [0.717, 1.165) is 12.1 Å². The van der Waals surface area contributed by atoms with Crippen LogP contribution in [-0.4, -0.2) is 33.0 Å². The van der Waals surface area contributed by atoms with Crippen molar-refractivity contribution in [3.05, 3.63) is 34.1 Å². The third-order valence-electron chi connectivity index (χ3n) is 3.44. The standard InChI is InChI=1S/C15H19BrF5NO2S/c1-13(2,3)25(24)22-14(8-17,7-12(23)15(19,20)21)10-6-9(16)4-5-11(10)18/h4-6,12,22-23H,7-8H2,1-3H3/t12-,14-,25-/m1/s1. The summed E-state index contributed by atoms with van der Waals surface area (Å²) >= 11 is 3.05. The molecule has 1 aromatic carbocycles. The van der Waals surface area contributed by atoms with Crippen LogP contribution in [0.4, 0.5) is 22.0 Å². The quantitative estimate of drug-likeness (QED) is 0.639. The molecule has 1 rings (SSSR count). The van der Waals surface area contributed by atoms with Crippen LogP contribution in [0.5, 0.6) is 0 Å². The smallest absolute Gasteiger partial charge is 0.384 e. The van der Waals surface area contributed by atoms with E-state index in [2.05, 4.69) is 20.7 Å². The summed E-state index contributed by atoms with van der Waals surface area (Å²) in [5.41, 5.74) is -2.77. The maximum atomic E-state index is 14.3. The van der Waals surface area contributed by atoms with Crippen molar-refractivity contribution >= 4 is 26.9 Å². The van der Waals surface area contributed by atoms with Crippen LogP contribution in [0.25, 0.3) is 0 Å². The van der Waals surface area contributed by atoms with Gasteiger partial charge in [0.1, 0.15) is 12.5 Å². The van der Waals surface area contributed by atoms with E-state index in [1.165, 1.54) is 26.8 Å². The summed E-state index contributed by atoms with van der Waals surface area (Å²) in [4.78, 5) is 0. The lowest BCUT2D eigenvalue weighted by atomic mass is 9.86. The number of rotatable bonds is 6. The molecule has 10 heteroatoms. The van der Waals surface area contributed by atoms with E-state index in [9.17, 15) is 31.3 Å². The molecule has 0 aromatic heterocycles. The monoisotopic (exact) mass is 451 g/mol. The number of hydrogen-bond donors (Lipinski definition) is 2. The molecule has 1 aromatic rings. The Kier molecular flexibility index (Phi) is 7.17. The molecule has 0 aliphatic rings. The molecular formula is C15H19BrF5NO2S. The highest BCUT2D eigenvalue weighted by molar-refractivity contribution is 9.10. The second kappa shape index (κ2) is 7.98. The normalized spacial score (nSPS) is 17.8. The first-order valence-electron chi connectivity index (χ1n) is 7.19. The Hall–Kier alpha value is -0.580. The lowest BCUT2D eigenvalue weighted by Crippen LogP contribution is -2.53. The van der Waals surface area contributed by atoms with Crippen molar-refractivity contribution in [3.8, 4) is 0 Å². The Morgan fingerprint density at radius 2 is 1.84 bits per heavy atom. The maximum Gasteiger partial charge on any atom is 0.414 e. The van der Waals surface area contributed by atoms with Crippen molar-refractivity contribution in [2.75, 3.05) is 6.67 Å². The summed E-state index contributed by atoms with van der Waals surface area (Å²) in [7, 11) is -2.02. The van der Waals surface area contributed by atoms with Gasteiger partial charge in [-0.1, -0.05) is 15.9 Å². The molecule has 0 aliphatic heterocycles. The molecule has 25 heavy (non-hydrogen) atoms. The molecule has 0 amide bonds. The number of alkyl halides is 4. The minimum Gasteiger partial charge on any atom is -0.384 e. The highest BCUT2D eigenvalue weighted by atomic mass is 79.9. The van der Waals surface area contributed by atoms with Gasteiger partial charge in [0.25, 0.3) is 0 Å². The van der Waals surface area contributed by atoms with Gasteiger partial charge in [-0.3, -0.25) is 0 Å². The number of nitrogens with one attached hydrogen (secondary N) is 1. The number of aliphatic hydroxyl groups is 1. The van der Waals surface area contributed by atoms with Crippen LogP contribution < -0.4 is 4.72 Å². The van der Waals surface area contributed by atoms with Crippen molar-refractivity contribution in [3.63, 3.8) is 0 Å². The summed E-state index contributed by atoms with van der Waals surface area (Å²) < 4.78 is 80.6. The van der Waals surface area contributed by atoms with Crippen molar-refractivity contribution in [1.29, 1.82) is 0 Å².